The lowest BCUT2D eigenvalue weighted by Gasteiger charge is -2.37. The van der Waals surface area contributed by atoms with Gasteiger partial charge in [0.25, 0.3) is 0 Å². The molecule has 0 bridgehead atoms. The van der Waals surface area contributed by atoms with Crippen LogP contribution >= 0.6 is 0 Å². The van der Waals surface area contributed by atoms with Gasteiger partial charge in [0.15, 0.2) is 5.78 Å². The minimum atomic E-state index is -0.824. The fourth-order valence-electron chi connectivity index (χ4n) is 20.8. The lowest BCUT2D eigenvalue weighted by Crippen LogP contribution is -2.30. The Morgan fingerprint density at radius 1 is 0.201 bits per heavy atom. The molecule has 0 aliphatic carbocycles. The Labute approximate surface area is 820 Å². The number of hydrogen-bond acceptors (Lipinski definition) is 14. The van der Waals surface area contributed by atoms with E-state index in [1.165, 1.54) is 0 Å². The van der Waals surface area contributed by atoms with E-state index in [-0.39, 0.29) is 57.9 Å². The third-order valence-electron chi connectivity index (χ3n) is 28.7. The minimum absolute atomic E-state index is 0.0833. The van der Waals surface area contributed by atoms with Gasteiger partial charge in [0, 0.05) is 53.9 Å². The van der Waals surface area contributed by atoms with Crippen molar-refractivity contribution in [2.45, 2.75) is 228 Å². The van der Waals surface area contributed by atoms with Crippen molar-refractivity contribution in [2.75, 3.05) is 0 Å². The van der Waals surface area contributed by atoms with Crippen LogP contribution in [0.2, 0.25) is 0 Å². The van der Waals surface area contributed by atoms with Gasteiger partial charge in [0.05, 0.1) is 0 Å². The number of carbonyl (C=O) groups excluding carboxylic acids is 1. The summed E-state index contributed by atoms with van der Waals surface area (Å²) in [6.07, 6.45) is 2.06. The summed E-state index contributed by atoms with van der Waals surface area (Å²) < 4.78 is 0. The summed E-state index contributed by atoms with van der Waals surface area (Å²) in [7, 11) is 0. The van der Waals surface area contributed by atoms with Crippen molar-refractivity contribution < 1.29 is 71.2 Å². The van der Waals surface area contributed by atoms with Gasteiger partial charge in [0.2, 0.25) is 0 Å². The molecule has 0 amide bonds. The minimum Gasteiger partial charge on any atom is -0.507 e. The van der Waals surface area contributed by atoms with Crippen molar-refractivity contribution in [3.63, 3.8) is 0 Å². The van der Waals surface area contributed by atoms with Crippen LogP contribution in [0.1, 0.15) is 282 Å². The van der Waals surface area contributed by atoms with Gasteiger partial charge in [0.1, 0.15) is 74.7 Å². The molecule has 718 valence electrons. The van der Waals surface area contributed by atoms with Crippen LogP contribution in [0, 0.1) is 159 Å². The average molecular weight is 1860 g/mol. The fraction of sp³-hybridized carbons (Fsp3) is 0.272. The molecule has 0 aromatic heterocycles. The second-order valence-electron chi connectivity index (χ2n) is 40.1. The first-order valence-corrected chi connectivity index (χ1v) is 47.5. The molecule has 0 fully saturated rings. The molecular weight excluding hydrogens is 1730 g/mol. The Bertz CT molecular complexity index is 6500. The molecule has 0 spiro atoms. The lowest BCUT2D eigenvalue weighted by molar-refractivity contribution is 0.101. The molecule has 0 unspecified atom stereocenters. The predicted molar refractivity (Wildman–Crippen MR) is 561 cm³/mol. The number of hydrogen-bond donors (Lipinski definition) is 13. The second kappa shape index (κ2) is 40.2. The van der Waals surface area contributed by atoms with E-state index in [2.05, 4.69) is 44.2 Å². The molecule has 0 radical (unpaired) electrons. The largest absolute Gasteiger partial charge is 0.507 e. The van der Waals surface area contributed by atoms with Crippen LogP contribution in [-0.2, 0) is 36.5 Å². The number of aryl methyl sites for hydroxylation is 23. The quantitative estimate of drug-likeness (QED) is 0.0235. The van der Waals surface area contributed by atoms with Crippen molar-refractivity contribution in [3.8, 4) is 74.7 Å². The van der Waals surface area contributed by atoms with Crippen LogP contribution in [0.5, 0.6) is 74.7 Å². The number of ketones is 1. The number of rotatable bonds is 21. The molecule has 13 N–H and O–H groups in total. The molecule has 15 aromatic carbocycles. The highest BCUT2D eigenvalue weighted by atomic mass is 16.3. The van der Waals surface area contributed by atoms with Gasteiger partial charge in [-0.2, -0.15) is 0 Å². The number of phenols is 13. The van der Waals surface area contributed by atoms with Crippen LogP contribution in [0.3, 0.4) is 0 Å². The first kappa shape index (κ1) is 102. The van der Waals surface area contributed by atoms with E-state index in [1.807, 2.05) is 329 Å². The lowest BCUT2D eigenvalue weighted by atomic mass is 9.65. The summed E-state index contributed by atoms with van der Waals surface area (Å²) in [5.41, 5.74) is 36.4. The van der Waals surface area contributed by atoms with Crippen molar-refractivity contribution >= 4 is 5.78 Å². The van der Waals surface area contributed by atoms with E-state index in [0.717, 1.165) is 239 Å². The van der Waals surface area contributed by atoms with Crippen LogP contribution in [-0.4, -0.2) is 72.2 Å². The van der Waals surface area contributed by atoms with Crippen LogP contribution in [0.25, 0.3) is 0 Å². The summed E-state index contributed by atoms with van der Waals surface area (Å²) in [5.74, 6) is 3.25. The molecule has 0 saturated carbocycles. The summed E-state index contributed by atoms with van der Waals surface area (Å²) in [4.78, 5) is 13.4. The summed E-state index contributed by atoms with van der Waals surface area (Å²) in [5, 5.41) is 139. The van der Waals surface area contributed by atoms with E-state index in [9.17, 15) is 71.2 Å². The van der Waals surface area contributed by atoms with E-state index in [4.69, 9.17) is 0 Å². The Hall–Kier alpha value is -14.6. The smallest absolute Gasteiger partial charge is 0.159 e. The number of aromatic hydroxyl groups is 13. The standard InChI is InChI=1S/C44H48O5.C41H44O5.C40H42O4/c1-23-12-33(13-24(2)39(23)46)43(10,34-14-25(3)40(47)26(4)15-34)37-20-32(31(9)45)21-38(22-37)44(11,35-16-27(5)41(48)28(6)17-35)36-18-29(7)42(49)30(8)19-36;1-22-8-33(18-31-14-27(6)39(44)35(20-31)16-29-10-23(2)37(42)24(3)11-29)41(46)34(9-22)19-32-15-28(7)40(45)36(21-32)17-30-12-25(4)38(43)26(5)13-30;1-21-13-31(14-22(2)37(21)41)35(32-15-23(3)38(42)24(4)16-32)29-9-11-30(12-10-29)36(33-17-25(5)39(43)26(6)18-33)34-19-27(7)40(44)28(8)20-34/h12-22,46-49H,1-11H3;8-15,20-21,42-46H,16-19H2,1-7H3;9-20,35-36,41-44H,1-8H3. The van der Waals surface area contributed by atoms with Crippen molar-refractivity contribution in [3.05, 3.63) is 445 Å². The van der Waals surface area contributed by atoms with Crippen LogP contribution in [0.4, 0.5) is 0 Å². The van der Waals surface area contributed by atoms with Gasteiger partial charge in [-0.15, -0.1) is 0 Å². The van der Waals surface area contributed by atoms with E-state index >= 15 is 0 Å². The number of benzene rings is 15. The Kier molecular flexibility index (Phi) is 29.4. The zero-order chi connectivity index (χ0) is 102. The van der Waals surface area contributed by atoms with Crippen LogP contribution < -0.4 is 0 Å². The molecule has 0 saturated heterocycles. The van der Waals surface area contributed by atoms with E-state index < -0.39 is 10.8 Å². The van der Waals surface area contributed by atoms with Gasteiger partial charge < -0.3 is 66.4 Å². The molecule has 0 aliphatic heterocycles. The Morgan fingerprint density at radius 2 is 0.367 bits per heavy atom. The second-order valence-corrected chi connectivity index (χ2v) is 40.1. The average Bonchev–Trinajstić information content (AvgIpc) is 0.724. The van der Waals surface area contributed by atoms with E-state index in [0.29, 0.717) is 65.7 Å². The molecule has 14 heteroatoms. The van der Waals surface area contributed by atoms with Gasteiger partial charge in [-0.1, -0.05) is 194 Å². The first-order chi connectivity index (χ1) is 65.2. The Balaban J connectivity index is 0.000000176. The summed E-state index contributed by atoms with van der Waals surface area (Å²) in [6.45, 7) is 49.7. The molecular formula is C125H134O14. The van der Waals surface area contributed by atoms with Gasteiger partial charge in [-0.25, -0.2) is 0 Å². The number of carbonyl (C=O) groups is 1. The molecule has 15 rings (SSSR count). The highest BCUT2D eigenvalue weighted by molar-refractivity contribution is 5.95. The molecule has 0 heterocycles. The third-order valence-corrected chi connectivity index (χ3v) is 28.7. The summed E-state index contributed by atoms with van der Waals surface area (Å²) in [6, 6.07) is 66.9. The maximum Gasteiger partial charge on any atom is 0.159 e. The highest BCUT2D eigenvalue weighted by Crippen LogP contribution is 2.51. The van der Waals surface area contributed by atoms with Crippen LogP contribution in [0.15, 0.2) is 200 Å². The SMILES string of the molecule is CC(=O)c1cc(C(C)(c2cc(C)c(O)c(C)c2)c2cc(C)c(O)c(C)c2)cc(C(C)(c2cc(C)c(O)c(C)c2)c2cc(C)c(O)c(C)c2)c1.Cc1cc(C(c2ccc(C(c3cc(C)c(O)c(C)c3)c3cc(C)c(O)c(C)c3)cc2)c2cc(C)c(O)c(C)c2)cc(C)c1O.Cc1cc(Cc2cc(C)c(O)c(Cc3cc(C)c(O)c(C)c3)c2)c(O)c(Cc2cc(C)c(O)c(Cc3cc(C)c(O)c(C)c3)c2)c1. The maximum absolute atomic E-state index is 13.4. The monoisotopic (exact) mass is 1860 g/mol. The van der Waals surface area contributed by atoms with Crippen molar-refractivity contribution in [1.29, 1.82) is 0 Å². The molecule has 0 aliphatic rings. The number of phenolic OH excluding ortho intramolecular Hbond substituents is 13. The van der Waals surface area contributed by atoms with Gasteiger partial charge >= 0.3 is 0 Å². The zero-order valence-corrected chi connectivity index (χ0v) is 85.3. The molecule has 139 heavy (non-hydrogen) atoms. The first-order valence-electron chi connectivity index (χ1n) is 47.5. The fourth-order valence-corrected chi connectivity index (χ4v) is 20.8. The van der Waals surface area contributed by atoms with Gasteiger partial charge in [-0.05, 0) is 426 Å². The third kappa shape index (κ3) is 20.8. The molecule has 0 atom stereocenters. The van der Waals surface area contributed by atoms with Crippen molar-refractivity contribution in [2.24, 2.45) is 0 Å². The highest BCUT2D eigenvalue weighted by Gasteiger charge is 2.40. The maximum atomic E-state index is 13.4. The predicted octanol–water partition coefficient (Wildman–Crippen LogP) is 28.0. The van der Waals surface area contributed by atoms with E-state index in [1.54, 1.807) is 6.92 Å². The summed E-state index contributed by atoms with van der Waals surface area (Å²) >= 11 is 0. The number of Topliss-reactive ketones (excluding diaryl/α,β-unsaturated/α-hetero) is 1. The van der Waals surface area contributed by atoms with Gasteiger partial charge in [-0.3, -0.25) is 4.79 Å². The molecule has 15 aromatic rings. The van der Waals surface area contributed by atoms with Crippen molar-refractivity contribution in [1.82, 2.24) is 0 Å². The Morgan fingerprint density at radius 3 is 0.568 bits per heavy atom. The normalized spacial score (nSPS) is 11.6. The zero-order valence-electron chi connectivity index (χ0n) is 85.3. The molecule has 14 nitrogen and oxygen atoms in total. The topological polar surface area (TPSA) is 280 Å².